The summed E-state index contributed by atoms with van der Waals surface area (Å²) in [7, 11) is 0. The molecule has 1 radical (unpaired) electrons. The number of nitrogens with zero attached hydrogens (tertiary/aromatic N) is 1. The predicted molar refractivity (Wildman–Crippen MR) is 54.3 cm³/mol. The highest BCUT2D eigenvalue weighted by atomic mass is 19.1. The van der Waals surface area contributed by atoms with Crippen LogP contribution >= 0.6 is 0 Å². The van der Waals surface area contributed by atoms with Gasteiger partial charge >= 0.3 is 0 Å². The molecular formula is C11H21FN. The third-order valence-electron chi connectivity index (χ3n) is 2.71. The zero-order valence-corrected chi connectivity index (χ0v) is 8.85. The Kier molecular flexibility index (Phi) is 3.72. The Bertz CT molecular complexity index is 143. The van der Waals surface area contributed by atoms with Crippen LogP contribution in [0.1, 0.15) is 33.1 Å². The summed E-state index contributed by atoms with van der Waals surface area (Å²) in [4.78, 5) is 2.23. The van der Waals surface area contributed by atoms with Crippen molar-refractivity contribution in [2.24, 2.45) is 5.92 Å². The van der Waals surface area contributed by atoms with Gasteiger partial charge in [0, 0.05) is 6.54 Å². The summed E-state index contributed by atoms with van der Waals surface area (Å²) in [6.45, 7) is 9.90. The van der Waals surface area contributed by atoms with Crippen LogP contribution in [-0.2, 0) is 0 Å². The van der Waals surface area contributed by atoms with E-state index in [1.807, 2.05) is 0 Å². The van der Waals surface area contributed by atoms with Gasteiger partial charge in [-0.05, 0) is 45.7 Å². The summed E-state index contributed by atoms with van der Waals surface area (Å²) < 4.78 is 13.3. The molecule has 0 aliphatic carbocycles. The first-order valence-corrected chi connectivity index (χ1v) is 5.22. The molecule has 0 spiro atoms. The molecule has 0 atom stereocenters. The first-order valence-electron chi connectivity index (χ1n) is 5.22. The number of likely N-dealkylation sites (tertiary alicyclic amines) is 1. The topological polar surface area (TPSA) is 3.24 Å². The summed E-state index contributed by atoms with van der Waals surface area (Å²) in [6.07, 6.45) is 3.42. The van der Waals surface area contributed by atoms with Crippen molar-refractivity contribution >= 4 is 0 Å². The van der Waals surface area contributed by atoms with Crippen molar-refractivity contribution in [1.29, 1.82) is 0 Å². The lowest BCUT2D eigenvalue weighted by Crippen LogP contribution is -2.40. The van der Waals surface area contributed by atoms with Crippen molar-refractivity contribution in [2.45, 2.75) is 38.8 Å². The molecule has 0 aromatic carbocycles. The number of rotatable bonds is 3. The summed E-state index contributed by atoms with van der Waals surface area (Å²) in [5.74, 6) is 0.777. The molecule has 1 aliphatic heterocycles. The summed E-state index contributed by atoms with van der Waals surface area (Å²) in [5.41, 5.74) is -1.04. The Hall–Kier alpha value is -0.110. The lowest BCUT2D eigenvalue weighted by Gasteiger charge is -2.34. The number of hydrogen-bond acceptors (Lipinski definition) is 1. The fourth-order valence-corrected chi connectivity index (χ4v) is 1.96. The molecule has 0 aromatic rings. The van der Waals surface area contributed by atoms with Gasteiger partial charge in [0.1, 0.15) is 5.67 Å². The number of piperidine rings is 1. The average Bonchev–Trinajstić information content (AvgIpc) is 2.03. The van der Waals surface area contributed by atoms with E-state index in [9.17, 15) is 4.39 Å². The molecule has 0 aromatic heterocycles. The highest BCUT2D eigenvalue weighted by Crippen LogP contribution is 2.21. The Morgan fingerprint density at radius 3 is 2.31 bits per heavy atom. The van der Waals surface area contributed by atoms with Crippen LogP contribution in [0, 0.1) is 12.8 Å². The summed E-state index contributed by atoms with van der Waals surface area (Å²) in [6, 6.07) is 0. The molecule has 1 saturated heterocycles. The largest absolute Gasteiger partial charge is 0.300 e. The molecule has 0 unspecified atom stereocenters. The smallest absolute Gasteiger partial charge is 0.118 e. The van der Waals surface area contributed by atoms with Crippen LogP contribution in [0.15, 0.2) is 0 Å². The molecule has 1 aliphatic rings. The summed E-state index contributed by atoms with van der Waals surface area (Å²) in [5, 5.41) is 0. The molecular weight excluding hydrogens is 165 g/mol. The zero-order valence-electron chi connectivity index (χ0n) is 8.85. The maximum Gasteiger partial charge on any atom is 0.118 e. The lowest BCUT2D eigenvalue weighted by atomic mass is 9.94. The van der Waals surface area contributed by atoms with Crippen LogP contribution < -0.4 is 0 Å². The molecule has 13 heavy (non-hydrogen) atoms. The number of alkyl halides is 1. The van der Waals surface area contributed by atoms with Crippen molar-refractivity contribution < 1.29 is 4.39 Å². The van der Waals surface area contributed by atoms with Gasteiger partial charge in [0.2, 0.25) is 0 Å². The minimum Gasteiger partial charge on any atom is -0.300 e. The Balaban J connectivity index is 2.25. The van der Waals surface area contributed by atoms with E-state index in [1.54, 1.807) is 13.8 Å². The van der Waals surface area contributed by atoms with E-state index in [-0.39, 0.29) is 0 Å². The number of hydrogen-bond donors (Lipinski definition) is 0. The molecule has 1 fully saturated rings. The zero-order chi connectivity index (χ0) is 9.90. The van der Waals surface area contributed by atoms with Crippen LogP contribution in [0.4, 0.5) is 4.39 Å². The van der Waals surface area contributed by atoms with Crippen LogP contribution in [0.3, 0.4) is 0 Å². The van der Waals surface area contributed by atoms with Gasteiger partial charge in [-0.3, -0.25) is 0 Å². The van der Waals surface area contributed by atoms with E-state index in [2.05, 4.69) is 11.8 Å². The molecule has 0 N–H and O–H groups in total. The fourth-order valence-electron chi connectivity index (χ4n) is 1.96. The second-order valence-corrected chi connectivity index (χ2v) is 4.73. The molecule has 1 nitrogen and oxygen atoms in total. The average molecular weight is 186 g/mol. The van der Waals surface area contributed by atoms with Crippen LogP contribution in [0.25, 0.3) is 0 Å². The maximum absolute atomic E-state index is 13.3. The van der Waals surface area contributed by atoms with E-state index in [4.69, 9.17) is 0 Å². The Labute approximate surface area is 81.3 Å². The summed E-state index contributed by atoms with van der Waals surface area (Å²) >= 11 is 0. The molecule has 2 heteroatoms. The van der Waals surface area contributed by atoms with Gasteiger partial charge in [-0.25, -0.2) is 4.39 Å². The fraction of sp³-hybridized carbons (Fsp3) is 0.909. The van der Waals surface area contributed by atoms with Gasteiger partial charge in [-0.15, -0.1) is 0 Å². The predicted octanol–water partition coefficient (Wildman–Crippen LogP) is 2.67. The second-order valence-electron chi connectivity index (χ2n) is 4.73. The van der Waals surface area contributed by atoms with Gasteiger partial charge in [-0.2, -0.15) is 0 Å². The van der Waals surface area contributed by atoms with Crippen molar-refractivity contribution in [3.8, 4) is 0 Å². The van der Waals surface area contributed by atoms with E-state index in [1.165, 1.54) is 12.8 Å². The van der Waals surface area contributed by atoms with E-state index >= 15 is 0 Å². The standard InChI is InChI=1S/C11H21FN/c1-4-10-5-7-13(8-6-10)9-11(2,3)12/h10H,1,4-9H2,2-3H3. The van der Waals surface area contributed by atoms with Crippen LogP contribution in [-0.4, -0.2) is 30.2 Å². The minimum absolute atomic E-state index is 0.580. The Morgan fingerprint density at radius 2 is 1.92 bits per heavy atom. The minimum atomic E-state index is -1.04. The van der Waals surface area contributed by atoms with Crippen molar-refractivity contribution in [3.63, 3.8) is 0 Å². The van der Waals surface area contributed by atoms with Gasteiger partial charge in [0.25, 0.3) is 0 Å². The molecule has 1 heterocycles. The SMILES string of the molecule is [CH2]CC1CCN(CC(C)(C)F)CC1. The normalized spacial score (nSPS) is 22.2. The van der Waals surface area contributed by atoms with Crippen molar-refractivity contribution in [1.82, 2.24) is 4.90 Å². The highest BCUT2D eigenvalue weighted by molar-refractivity contribution is 4.78. The second kappa shape index (κ2) is 4.41. The quantitative estimate of drug-likeness (QED) is 0.655. The van der Waals surface area contributed by atoms with E-state index < -0.39 is 5.67 Å². The van der Waals surface area contributed by atoms with E-state index in [0.29, 0.717) is 6.54 Å². The monoisotopic (exact) mass is 186 g/mol. The number of halogens is 1. The van der Waals surface area contributed by atoms with Gasteiger partial charge in [0.15, 0.2) is 0 Å². The molecule has 0 bridgehead atoms. The van der Waals surface area contributed by atoms with Gasteiger partial charge in [0.05, 0.1) is 0 Å². The molecule has 77 valence electrons. The first-order chi connectivity index (χ1) is 6.01. The molecule has 0 amide bonds. The Morgan fingerprint density at radius 1 is 1.38 bits per heavy atom. The molecule has 1 rings (SSSR count). The third-order valence-corrected chi connectivity index (χ3v) is 2.71. The maximum atomic E-state index is 13.3. The lowest BCUT2D eigenvalue weighted by molar-refractivity contribution is 0.0961. The van der Waals surface area contributed by atoms with Crippen molar-refractivity contribution in [2.75, 3.05) is 19.6 Å². The van der Waals surface area contributed by atoms with Crippen LogP contribution in [0.2, 0.25) is 0 Å². The molecule has 0 saturated carbocycles. The van der Waals surface area contributed by atoms with Crippen LogP contribution in [0.5, 0.6) is 0 Å². The van der Waals surface area contributed by atoms with Gasteiger partial charge in [-0.1, -0.05) is 13.3 Å². The first kappa shape index (κ1) is 11.0. The third kappa shape index (κ3) is 4.08. The van der Waals surface area contributed by atoms with Gasteiger partial charge < -0.3 is 4.90 Å². The van der Waals surface area contributed by atoms with Crippen molar-refractivity contribution in [3.05, 3.63) is 6.92 Å². The van der Waals surface area contributed by atoms with E-state index in [0.717, 1.165) is 25.4 Å². The highest BCUT2D eigenvalue weighted by Gasteiger charge is 2.24.